The standard InChI is InChI=1S/C19H24F2N4O/c1-3-10-22-19(26)15-7-5-4-6-14(15)18-23-12(2)24-25(18)17-9-8-13(20)11-16(17)21/h8-9,11,14-15H,3-7,10H2,1-2H3,(H,22,26)/t14-,15+/m0/s1. The van der Waals surface area contributed by atoms with Crippen molar-refractivity contribution in [1.82, 2.24) is 20.1 Å². The molecule has 0 spiro atoms. The van der Waals surface area contributed by atoms with Gasteiger partial charge in [-0.05, 0) is 38.3 Å². The predicted molar refractivity (Wildman–Crippen MR) is 94.0 cm³/mol. The molecule has 1 aromatic heterocycles. The van der Waals surface area contributed by atoms with Gasteiger partial charge in [-0.2, -0.15) is 5.10 Å². The zero-order valence-electron chi connectivity index (χ0n) is 15.1. The molecule has 1 fully saturated rings. The van der Waals surface area contributed by atoms with Crippen molar-refractivity contribution in [2.75, 3.05) is 6.54 Å². The highest BCUT2D eigenvalue weighted by molar-refractivity contribution is 5.79. The maximum Gasteiger partial charge on any atom is 0.223 e. The Morgan fingerprint density at radius 3 is 2.81 bits per heavy atom. The second-order valence-corrected chi connectivity index (χ2v) is 6.81. The second kappa shape index (κ2) is 7.93. The van der Waals surface area contributed by atoms with E-state index < -0.39 is 11.6 Å². The average molecular weight is 362 g/mol. The van der Waals surface area contributed by atoms with Crippen LogP contribution in [0.4, 0.5) is 8.78 Å². The molecule has 0 bridgehead atoms. The summed E-state index contributed by atoms with van der Waals surface area (Å²) >= 11 is 0. The van der Waals surface area contributed by atoms with Crippen LogP contribution in [-0.4, -0.2) is 27.2 Å². The van der Waals surface area contributed by atoms with Crippen LogP contribution >= 0.6 is 0 Å². The molecule has 1 N–H and O–H groups in total. The largest absolute Gasteiger partial charge is 0.356 e. The van der Waals surface area contributed by atoms with Gasteiger partial charge in [0, 0.05) is 24.4 Å². The minimum Gasteiger partial charge on any atom is -0.356 e. The first-order valence-electron chi connectivity index (χ1n) is 9.18. The lowest BCUT2D eigenvalue weighted by atomic mass is 9.78. The lowest BCUT2D eigenvalue weighted by Crippen LogP contribution is -2.37. The number of nitrogens with one attached hydrogen (secondary N) is 1. The first-order valence-corrected chi connectivity index (χ1v) is 9.18. The van der Waals surface area contributed by atoms with Gasteiger partial charge >= 0.3 is 0 Å². The smallest absolute Gasteiger partial charge is 0.223 e. The Morgan fingerprint density at radius 2 is 2.08 bits per heavy atom. The quantitative estimate of drug-likeness (QED) is 0.883. The molecule has 0 saturated heterocycles. The van der Waals surface area contributed by atoms with Crippen molar-refractivity contribution in [2.45, 2.75) is 51.9 Å². The van der Waals surface area contributed by atoms with Crippen molar-refractivity contribution in [3.8, 4) is 5.69 Å². The lowest BCUT2D eigenvalue weighted by Gasteiger charge is -2.30. The minimum absolute atomic E-state index is 0.0170. The Labute approximate surface area is 151 Å². The number of aryl methyl sites for hydroxylation is 1. The van der Waals surface area contributed by atoms with E-state index in [0.717, 1.165) is 38.2 Å². The number of carbonyl (C=O) groups excluding carboxylic acids is 1. The number of hydrogen-bond acceptors (Lipinski definition) is 3. The number of benzene rings is 1. The lowest BCUT2D eigenvalue weighted by molar-refractivity contribution is -0.126. The number of rotatable bonds is 5. The van der Waals surface area contributed by atoms with E-state index in [-0.39, 0.29) is 23.4 Å². The molecule has 1 saturated carbocycles. The second-order valence-electron chi connectivity index (χ2n) is 6.81. The van der Waals surface area contributed by atoms with Gasteiger partial charge in [-0.15, -0.1) is 0 Å². The van der Waals surface area contributed by atoms with Crippen LogP contribution in [0, 0.1) is 24.5 Å². The van der Waals surface area contributed by atoms with E-state index in [2.05, 4.69) is 15.4 Å². The van der Waals surface area contributed by atoms with Crippen molar-refractivity contribution < 1.29 is 13.6 Å². The molecule has 140 valence electrons. The number of hydrogen-bond donors (Lipinski definition) is 1. The Hall–Kier alpha value is -2.31. The van der Waals surface area contributed by atoms with Crippen LogP contribution in [0.15, 0.2) is 18.2 Å². The molecular weight excluding hydrogens is 338 g/mol. The summed E-state index contributed by atoms with van der Waals surface area (Å²) < 4.78 is 29.0. The molecule has 0 aliphatic heterocycles. The van der Waals surface area contributed by atoms with Gasteiger partial charge in [-0.3, -0.25) is 4.79 Å². The van der Waals surface area contributed by atoms with Gasteiger partial charge in [-0.25, -0.2) is 18.4 Å². The molecule has 2 atom stereocenters. The van der Waals surface area contributed by atoms with Gasteiger partial charge < -0.3 is 5.32 Å². The topological polar surface area (TPSA) is 59.8 Å². The molecule has 0 unspecified atom stereocenters. The van der Waals surface area contributed by atoms with Crippen LogP contribution in [0.25, 0.3) is 5.69 Å². The zero-order chi connectivity index (χ0) is 18.7. The van der Waals surface area contributed by atoms with Crippen molar-refractivity contribution in [3.05, 3.63) is 41.5 Å². The number of amides is 1. The van der Waals surface area contributed by atoms with Crippen molar-refractivity contribution >= 4 is 5.91 Å². The molecule has 5 nitrogen and oxygen atoms in total. The number of carbonyl (C=O) groups is 1. The summed E-state index contributed by atoms with van der Waals surface area (Å²) in [5, 5.41) is 7.28. The van der Waals surface area contributed by atoms with E-state index in [0.29, 0.717) is 18.2 Å². The van der Waals surface area contributed by atoms with Crippen LogP contribution in [0.2, 0.25) is 0 Å². The van der Waals surface area contributed by atoms with Crippen molar-refractivity contribution in [2.24, 2.45) is 5.92 Å². The van der Waals surface area contributed by atoms with Gasteiger partial charge in [0.25, 0.3) is 0 Å². The van der Waals surface area contributed by atoms with Crippen LogP contribution in [0.1, 0.15) is 56.6 Å². The van der Waals surface area contributed by atoms with E-state index in [9.17, 15) is 13.6 Å². The molecule has 7 heteroatoms. The molecule has 0 radical (unpaired) electrons. The normalized spacial score (nSPS) is 20.2. The fourth-order valence-electron chi connectivity index (χ4n) is 3.63. The maximum absolute atomic E-state index is 14.3. The van der Waals surface area contributed by atoms with Crippen LogP contribution in [-0.2, 0) is 4.79 Å². The molecular formula is C19H24F2N4O. The summed E-state index contributed by atoms with van der Waals surface area (Å²) in [6.45, 7) is 4.38. The molecule has 1 heterocycles. The SMILES string of the molecule is CCCNC(=O)[C@@H]1CCCC[C@@H]1c1nc(C)nn1-c1ccc(F)cc1F. The van der Waals surface area contributed by atoms with E-state index >= 15 is 0 Å². The summed E-state index contributed by atoms with van der Waals surface area (Å²) in [7, 11) is 0. The van der Waals surface area contributed by atoms with Crippen molar-refractivity contribution in [1.29, 1.82) is 0 Å². The highest BCUT2D eigenvalue weighted by atomic mass is 19.1. The summed E-state index contributed by atoms with van der Waals surface area (Å²) in [4.78, 5) is 17.1. The van der Waals surface area contributed by atoms with Crippen molar-refractivity contribution in [3.63, 3.8) is 0 Å². The molecule has 1 aliphatic carbocycles. The molecule has 2 aromatic rings. The van der Waals surface area contributed by atoms with Crippen LogP contribution < -0.4 is 5.32 Å². The first kappa shape index (κ1) is 18.5. The average Bonchev–Trinajstić information content (AvgIpc) is 3.01. The van der Waals surface area contributed by atoms with Gasteiger partial charge in [0.1, 0.15) is 23.2 Å². The summed E-state index contributed by atoms with van der Waals surface area (Å²) in [5.74, 6) is -0.583. The monoisotopic (exact) mass is 362 g/mol. The number of nitrogens with zero attached hydrogens (tertiary/aromatic N) is 3. The molecule has 1 aliphatic rings. The highest BCUT2D eigenvalue weighted by Gasteiger charge is 2.35. The first-order chi connectivity index (χ1) is 12.5. The van der Waals surface area contributed by atoms with E-state index in [1.165, 1.54) is 16.8 Å². The third-order valence-corrected chi connectivity index (χ3v) is 4.86. The number of halogens is 2. The fourth-order valence-corrected chi connectivity index (χ4v) is 3.63. The minimum atomic E-state index is -0.695. The summed E-state index contributed by atoms with van der Waals surface area (Å²) in [6, 6.07) is 3.39. The van der Waals surface area contributed by atoms with Crippen LogP contribution in [0.3, 0.4) is 0 Å². The number of aromatic nitrogens is 3. The third-order valence-electron chi connectivity index (χ3n) is 4.86. The van der Waals surface area contributed by atoms with Crippen LogP contribution in [0.5, 0.6) is 0 Å². The van der Waals surface area contributed by atoms with Gasteiger partial charge in [0.2, 0.25) is 5.91 Å². The highest BCUT2D eigenvalue weighted by Crippen LogP contribution is 2.38. The maximum atomic E-state index is 14.3. The molecule has 3 rings (SSSR count). The van der Waals surface area contributed by atoms with E-state index in [1.807, 2.05) is 6.92 Å². The molecule has 26 heavy (non-hydrogen) atoms. The fraction of sp³-hybridized carbons (Fsp3) is 0.526. The van der Waals surface area contributed by atoms with Gasteiger partial charge in [-0.1, -0.05) is 19.8 Å². The Bertz CT molecular complexity index is 790. The van der Waals surface area contributed by atoms with Gasteiger partial charge in [0.05, 0.1) is 0 Å². The molecule has 1 aromatic carbocycles. The third kappa shape index (κ3) is 3.76. The summed E-state index contributed by atoms with van der Waals surface area (Å²) in [6.07, 6.45) is 4.42. The zero-order valence-corrected chi connectivity index (χ0v) is 15.1. The van der Waals surface area contributed by atoms with E-state index in [4.69, 9.17) is 0 Å². The summed E-state index contributed by atoms with van der Waals surface area (Å²) in [5.41, 5.74) is 0.153. The van der Waals surface area contributed by atoms with E-state index in [1.54, 1.807) is 6.92 Å². The Balaban J connectivity index is 1.98. The Kier molecular flexibility index (Phi) is 5.64. The molecule has 1 amide bonds. The Morgan fingerprint density at radius 1 is 1.31 bits per heavy atom. The van der Waals surface area contributed by atoms with Gasteiger partial charge in [0.15, 0.2) is 5.82 Å². The predicted octanol–water partition coefficient (Wildman–Crippen LogP) is 3.65.